The Hall–Kier alpha value is -1.36. The molecule has 0 saturated heterocycles. The molecule has 5 heteroatoms. The quantitative estimate of drug-likeness (QED) is 0.875. The van der Waals surface area contributed by atoms with Gasteiger partial charge in [0.2, 0.25) is 0 Å². The maximum Gasteiger partial charge on any atom is 0.336 e. The summed E-state index contributed by atoms with van der Waals surface area (Å²) in [5.74, 6) is -1.12. The summed E-state index contributed by atoms with van der Waals surface area (Å²) in [7, 11) is -3.37. The highest BCUT2D eigenvalue weighted by molar-refractivity contribution is 7.91. The Morgan fingerprint density at radius 3 is 2.19 bits per heavy atom. The van der Waals surface area contributed by atoms with Crippen LogP contribution in [0.5, 0.6) is 0 Å². The molecule has 88 valence electrons. The molecule has 0 aliphatic carbocycles. The van der Waals surface area contributed by atoms with E-state index in [2.05, 4.69) is 0 Å². The Kier molecular flexibility index (Phi) is 3.10. The van der Waals surface area contributed by atoms with Crippen molar-refractivity contribution in [2.24, 2.45) is 0 Å². The van der Waals surface area contributed by atoms with Gasteiger partial charge in [-0.15, -0.1) is 0 Å². The molecule has 0 unspecified atom stereocenters. The first-order valence-electron chi connectivity index (χ1n) is 4.70. The molecular weight excluding hydrogens is 228 g/mol. The zero-order chi connectivity index (χ0) is 12.6. The van der Waals surface area contributed by atoms with Crippen LogP contribution in [0.15, 0.2) is 24.3 Å². The van der Waals surface area contributed by atoms with Crippen LogP contribution in [0.25, 0.3) is 0 Å². The normalized spacial score (nSPS) is 12.4. The van der Waals surface area contributed by atoms with Gasteiger partial charge >= 0.3 is 5.97 Å². The molecule has 1 rings (SSSR count). The molecule has 0 aliphatic rings. The Balaban J connectivity index is 3.51. The number of hydrogen-bond acceptors (Lipinski definition) is 3. The van der Waals surface area contributed by atoms with Crippen LogP contribution in [0.4, 0.5) is 0 Å². The Morgan fingerprint density at radius 1 is 1.25 bits per heavy atom. The van der Waals surface area contributed by atoms with Crippen molar-refractivity contribution in [3.05, 3.63) is 35.4 Å². The third kappa shape index (κ3) is 2.09. The maximum atomic E-state index is 11.6. The van der Waals surface area contributed by atoms with Crippen molar-refractivity contribution < 1.29 is 18.3 Å². The number of sulfone groups is 1. The molecule has 1 aromatic carbocycles. The lowest BCUT2D eigenvalue weighted by molar-refractivity contribution is 0.0695. The van der Waals surface area contributed by atoms with Gasteiger partial charge in [0.15, 0.2) is 9.84 Å². The van der Waals surface area contributed by atoms with Gasteiger partial charge in [0.1, 0.15) is 0 Å². The van der Waals surface area contributed by atoms with Crippen molar-refractivity contribution in [1.29, 1.82) is 0 Å². The minimum atomic E-state index is -3.37. The standard InChI is InChI=1S/C11H14O4S/c1-11(2,16(3,14)15)9-7-5-4-6-8(9)10(12)13/h4-7H,1-3H3,(H,12,13). The van der Waals surface area contributed by atoms with Gasteiger partial charge in [0.05, 0.1) is 10.3 Å². The first-order valence-corrected chi connectivity index (χ1v) is 6.59. The van der Waals surface area contributed by atoms with Crippen LogP contribution in [-0.4, -0.2) is 25.7 Å². The van der Waals surface area contributed by atoms with E-state index in [0.29, 0.717) is 5.56 Å². The summed E-state index contributed by atoms with van der Waals surface area (Å²) >= 11 is 0. The lowest BCUT2D eigenvalue weighted by Gasteiger charge is -2.24. The summed E-state index contributed by atoms with van der Waals surface area (Å²) in [5, 5.41) is 9.00. The first-order chi connectivity index (χ1) is 7.18. The summed E-state index contributed by atoms with van der Waals surface area (Å²) in [6, 6.07) is 6.15. The third-order valence-corrected chi connectivity index (χ3v) is 4.81. The van der Waals surface area contributed by atoms with Crippen LogP contribution < -0.4 is 0 Å². The molecule has 1 aromatic rings. The van der Waals surface area contributed by atoms with Gasteiger partial charge in [0, 0.05) is 6.26 Å². The van der Waals surface area contributed by atoms with Crippen LogP contribution in [0.1, 0.15) is 29.8 Å². The van der Waals surface area contributed by atoms with Gasteiger partial charge in [0.25, 0.3) is 0 Å². The van der Waals surface area contributed by atoms with E-state index in [9.17, 15) is 13.2 Å². The second kappa shape index (κ2) is 3.90. The van der Waals surface area contributed by atoms with Crippen LogP contribution in [0.2, 0.25) is 0 Å². The monoisotopic (exact) mass is 242 g/mol. The van der Waals surface area contributed by atoms with Gasteiger partial charge in [-0.25, -0.2) is 13.2 Å². The molecule has 0 aliphatic heterocycles. The van der Waals surface area contributed by atoms with Crippen LogP contribution in [-0.2, 0) is 14.6 Å². The Labute approximate surface area is 94.8 Å². The molecule has 16 heavy (non-hydrogen) atoms. The van der Waals surface area contributed by atoms with Crippen molar-refractivity contribution in [2.45, 2.75) is 18.6 Å². The number of carboxylic acid groups (broad SMARTS) is 1. The summed E-state index contributed by atoms with van der Waals surface area (Å²) in [4.78, 5) is 11.0. The van der Waals surface area contributed by atoms with E-state index < -0.39 is 20.6 Å². The highest BCUT2D eigenvalue weighted by atomic mass is 32.2. The molecule has 0 radical (unpaired) electrons. The molecule has 0 amide bonds. The van der Waals surface area contributed by atoms with Crippen molar-refractivity contribution in [3.63, 3.8) is 0 Å². The lowest BCUT2D eigenvalue weighted by atomic mass is 9.96. The van der Waals surface area contributed by atoms with E-state index in [-0.39, 0.29) is 5.56 Å². The largest absolute Gasteiger partial charge is 0.478 e. The molecule has 1 N–H and O–H groups in total. The number of carbonyl (C=O) groups is 1. The van der Waals surface area contributed by atoms with E-state index in [4.69, 9.17) is 5.11 Å². The molecule has 4 nitrogen and oxygen atoms in total. The zero-order valence-corrected chi connectivity index (χ0v) is 10.2. The Bertz CT molecular complexity index is 515. The van der Waals surface area contributed by atoms with E-state index in [0.717, 1.165) is 6.26 Å². The fourth-order valence-corrected chi connectivity index (χ4v) is 1.97. The van der Waals surface area contributed by atoms with E-state index in [1.165, 1.54) is 26.0 Å². The number of rotatable bonds is 3. The van der Waals surface area contributed by atoms with Crippen LogP contribution in [0, 0.1) is 0 Å². The molecule has 0 heterocycles. The van der Waals surface area contributed by atoms with E-state index in [1.54, 1.807) is 12.1 Å². The van der Waals surface area contributed by atoms with Crippen molar-refractivity contribution in [2.75, 3.05) is 6.26 Å². The maximum absolute atomic E-state index is 11.6. The predicted molar refractivity (Wildman–Crippen MR) is 61.3 cm³/mol. The molecule has 0 bridgehead atoms. The van der Waals surface area contributed by atoms with Gasteiger partial charge < -0.3 is 5.11 Å². The molecule has 0 saturated carbocycles. The van der Waals surface area contributed by atoms with Crippen molar-refractivity contribution >= 4 is 15.8 Å². The average Bonchev–Trinajstić information content (AvgIpc) is 2.16. The first kappa shape index (κ1) is 12.7. The van der Waals surface area contributed by atoms with Crippen LogP contribution >= 0.6 is 0 Å². The number of aromatic carboxylic acids is 1. The van der Waals surface area contributed by atoms with Crippen LogP contribution in [0.3, 0.4) is 0 Å². The summed E-state index contributed by atoms with van der Waals surface area (Å²) < 4.78 is 22.1. The fourth-order valence-electron chi connectivity index (χ4n) is 1.39. The third-order valence-electron chi connectivity index (χ3n) is 2.73. The molecule has 0 fully saturated rings. The number of carboxylic acids is 1. The second-order valence-electron chi connectivity index (χ2n) is 4.13. The summed E-state index contributed by atoms with van der Waals surface area (Å²) in [5.41, 5.74) is 0.336. The smallest absolute Gasteiger partial charge is 0.336 e. The SMILES string of the molecule is CC(C)(c1ccccc1C(=O)O)S(C)(=O)=O. The van der Waals surface area contributed by atoms with Gasteiger partial charge in [-0.05, 0) is 25.5 Å². The van der Waals surface area contributed by atoms with Crippen molar-refractivity contribution in [3.8, 4) is 0 Å². The minimum absolute atomic E-state index is 0.0259. The summed E-state index contributed by atoms with van der Waals surface area (Å²) in [6.45, 7) is 3.01. The molecule has 0 atom stereocenters. The van der Waals surface area contributed by atoms with Gasteiger partial charge in [-0.1, -0.05) is 18.2 Å². The number of benzene rings is 1. The topological polar surface area (TPSA) is 71.4 Å². The van der Waals surface area contributed by atoms with Gasteiger partial charge in [-0.3, -0.25) is 0 Å². The number of hydrogen-bond donors (Lipinski definition) is 1. The fraction of sp³-hybridized carbons (Fsp3) is 0.364. The Morgan fingerprint density at radius 2 is 1.75 bits per heavy atom. The van der Waals surface area contributed by atoms with Crippen molar-refractivity contribution in [1.82, 2.24) is 0 Å². The molecule has 0 spiro atoms. The zero-order valence-electron chi connectivity index (χ0n) is 9.39. The lowest BCUT2D eigenvalue weighted by Crippen LogP contribution is -2.30. The van der Waals surface area contributed by atoms with E-state index in [1.807, 2.05) is 0 Å². The highest BCUT2D eigenvalue weighted by Gasteiger charge is 2.35. The average molecular weight is 242 g/mol. The highest BCUT2D eigenvalue weighted by Crippen LogP contribution is 2.31. The minimum Gasteiger partial charge on any atom is -0.478 e. The summed E-state index contributed by atoms with van der Waals surface area (Å²) in [6.07, 6.45) is 1.10. The molecular formula is C11H14O4S. The predicted octanol–water partition coefficient (Wildman–Crippen LogP) is 1.66. The molecule has 0 aromatic heterocycles. The van der Waals surface area contributed by atoms with E-state index >= 15 is 0 Å². The second-order valence-corrected chi connectivity index (χ2v) is 6.70. The van der Waals surface area contributed by atoms with Gasteiger partial charge in [-0.2, -0.15) is 0 Å².